The fraction of sp³-hybridized carbons (Fsp3) is 0.818. The van der Waals surface area contributed by atoms with Crippen LogP contribution >= 0.6 is 0 Å². The monoisotopic (exact) mass is 277 g/mol. The van der Waals surface area contributed by atoms with Gasteiger partial charge in [0, 0.05) is 13.0 Å². The van der Waals surface area contributed by atoms with Gasteiger partial charge in [-0.15, -0.1) is 0 Å². The fourth-order valence-corrected chi connectivity index (χ4v) is 2.30. The normalized spacial score (nSPS) is 10.9. The van der Waals surface area contributed by atoms with Gasteiger partial charge in [-0.3, -0.25) is 4.79 Å². The van der Waals surface area contributed by atoms with Crippen molar-refractivity contribution in [2.24, 2.45) is 0 Å². The van der Waals surface area contributed by atoms with Crippen LogP contribution in [0.5, 0.6) is 0 Å². The average Bonchev–Trinajstić information content (AvgIpc) is 2.28. The van der Waals surface area contributed by atoms with E-state index in [0.717, 1.165) is 6.42 Å². The first-order valence-corrected chi connectivity index (χ1v) is 7.64. The Morgan fingerprint density at radius 3 is 2.61 bits per heavy atom. The minimum absolute atomic E-state index is 0.0621. The highest BCUT2D eigenvalue weighted by Gasteiger charge is 2.17. The number of carbonyl (C=O) groups excluding carboxylic acids is 1. The highest BCUT2D eigenvalue weighted by Crippen LogP contribution is 1.98. The highest BCUT2D eigenvalue weighted by atomic mass is 32.2. The van der Waals surface area contributed by atoms with Crippen molar-refractivity contribution >= 4 is 15.8 Å². The molecule has 0 aliphatic carbocycles. The maximum Gasteiger partial charge on any atom is 0.321 e. The lowest BCUT2D eigenvalue weighted by molar-refractivity contribution is -0.142. The number of nitrogens with zero attached hydrogens (tertiary/aromatic N) is 1. The van der Waals surface area contributed by atoms with Crippen LogP contribution in [0.4, 0.5) is 0 Å². The molecule has 0 aliphatic heterocycles. The van der Waals surface area contributed by atoms with E-state index in [4.69, 9.17) is 14.7 Å². The van der Waals surface area contributed by atoms with E-state index in [9.17, 15) is 13.2 Å². The Balaban J connectivity index is 3.76. The molecule has 0 unspecified atom stereocenters. The van der Waals surface area contributed by atoms with Crippen molar-refractivity contribution in [2.45, 2.75) is 26.2 Å². The summed E-state index contributed by atoms with van der Waals surface area (Å²) in [6, 6.07) is 1.85. The molecule has 0 aromatic heterocycles. The lowest BCUT2D eigenvalue weighted by atomic mass is 10.4. The largest absolute Gasteiger partial charge is 0.462 e. The molecule has 0 saturated carbocycles. The molecule has 0 amide bonds. The number of hydrogen-bond acceptors (Lipinski definition) is 6. The maximum absolute atomic E-state index is 11.4. The lowest BCUT2D eigenvalue weighted by Crippen LogP contribution is -2.22. The molecular formula is C11H19NO5S. The summed E-state index contributed by atoms with van der Waals surface area (Å²) in [7, 11) is -3.47. The Kier molecular flexibility index (Phi) is 9.24. The van der Waals surface area contributed by atoms with Gasteiger partial charge in [0.25, 0.3) is 0 Å². The summed E-state index contributed by atoms with van der Waals surface area (Å²) in [6.45, 7) is 2.88. The van der Waals surface area contributed by atoms with Crippen LogP contribution in [0, 0.1) is 11.3 Å². The molecule has 0 aromatic rings. The summed E-state index contributed by atoms with van der Waals surface area (Å²) >= 11 is 0. The maximum atomic E-state index is 11.4. The Hall–Kier alpha value is -1.13. The molecule has 104 valence electrons. The topological polar surface area (TPSA) is 93.5 Å². The van der Waals surface area contributed by atoms with Crippen LogP contribution in [0.25, 0.3) is 0 Å². The summed E-state index contributed by atoms with van der Waals surface area (Å²) in [4.78, 5) is 11.2. The molecule has 0 spiro atoms. The second kappa shape index (κ2) is 9.85. The predicted molar refractivity (Wildman–Crippen MR) is 65.6 cm³/mol. The quantitative estimate of drug-likeness (QED) is 0.430. The molecule has 0 saturated heterocycles. The number of unbranched alkanes of at least 4 members (excludes halogenated alkanes) is 1. The molecule has 7 heteroatoms. The third-order valence-corrected chi connectivity index (χ3v) is 3.51. The highest BCUT2D eigenvalue weighted by molar-refractivity contribution is 7.92. The molecule has 0 fully saturated rings. The first kappa shape index (κ1) is 16.9. The number of rotatable bonds is 10. The van der Waals surface area contributed by atoms with Crippen LogP contribution in [-0.4, -0.2) is 45.7 Å². The zero-order valence-electron chi connectivity index (χ0n) is 10.6. The number of esters is 1. The predicted octanol–water partition coefficient (Wildman–Crippen LogP) is 0.675. The van der Waals surface area contributed by atoms with Crippen LogP contribution < -0.4 is 0 Å². The molecular weight excluding hydrogens is 258 g/mol. The van der Waals surface area contributed by atoms with Gasteiger partial charge in [-0.05, 0) is 12.8 Å². The van der Waals surface area contributed by atoms with Crippen molar-refractivity contribution in [3.63, 3.8) is 0 Å². The molecule has 0 bridgehead atoms. The van der Waals surface area contributed by atoms with E-state index < -0.39 is 21.6 Å². The minimum Gasteiger partial charge on any atom is -0.462 e. The van der Waals surface area contributed by atoms with Gasteiger partial charge in [0.15, 0.2) is 9.84 Å². The van der Waals surface area contributed by atoms with Crippen molar-refractivity contribution in [2.75, 3.05) is 31.3 Å². The van der Waals surface area contributed by atoms with Crippen LogP contribution in [0.3, 0.4) is 0 Å². The van der Waals surface area contributed by atoms with E-state index >= 15 is 0 Å². The summed E-state index contributed by atoms with van der Waals surface area (Å²) < 4.78 is 32.6. The first-order chi connectivity index (χ1) is 8.52. The van der Waals surface area contributed by atoms with E-state index in [1.165, 1.54) is 0 Å². The Labute approximate surface area is 108 Å². The van der Waals surface area contributed by atoms with Crippen LogP contribution in [0.1, 0.15) is 26.2 Å². The molecule has 0 radical (unpaired) electrons. The van der Waals surface area contributed by atoms with Crippen LogP contribution in [0.2, 0.25) is 0 Å². The van der Waals surface area contributed by atoms with Gasteiger partial charge >= 0.3 is 5.97 Å². The summed E-state index contributed by atoms with van der Waals surface area (Å²) in [5.41, 5.74) is 0. The smallest absolute Gasteiger partial charge is 0.321 e. The second-order valence-corrected chi connectivity index (χ2v) is 5.87. The standard InChI is InChI=1S/C11H19NO5S/c1-2-6-16-7-8-17-11(13)10-18(14,15)9-4-3-5-12/h2-4,6-10H2,1H3. The van der Waals surface area contributed by atoms with Crippen LogP contribution in [0.15, 0.2) is 0 Å². The van der Waals surface area contributed by atoms with Gasteiger partial charge < -0.3 is 9.47 Å². The summed E-state index contributed by atoms with van der Waals surface area (Å²) in [5.74, 6) is -1.57. The Morgan fingerprint density at radius 1 is 1.28 bits per heavy atom. The third-order valence-electron chi connectivity index (χ3n) is 1.92. The van der Waals surface area contributed by atoms with E-state index in [0.29, 0.717) is 6.61 Å². The molecule has 0 atom stereocenters. The van der Waals surface area contributed by atoms with Gasteiger partial charge in [-0.25, -0.2) is 8.42 Å². The van der Waals surface area contributed by atoms with Crippen molar-refractivity contribution < 1.29 is 22.7 Å². The van der Waals surface area contributed by atoms with Gasteiger partial charge in [0.05, 0.1) is 18.4 Å². The zero-order valence-corrected chi connectivity index (χ0v) is 11.4. The molecule has 6 nitrogen and oxygen atoms in total. The van der Waals surface area contributed by atoms with Gasteiger partial charge in [-0.2, -0.15) is 5.26 Å². The molecule has 18 heavy (non-hydrogen) atoms. The van der Waals surface area contributed by atoms with Crippen molar-refractivity contribution in [1.82, 2.24) is 0 Å². The van der Waals surface area contributed by atoms with E-state index in [-0.39, 0.29) is 31.8 Å². The molecule has 0 N–H and O–H groups in total. The van der Waals surface area contributed by atoms with Crippen molar-refractivity contribution in [3.8, 4) is 6.07 Å². The Bertz CT molecular complexity index is 371. The van der Waals surface area contributed by atoms with Gasteiger partial charge in [-0.1, -0.05) is 6.92 Å². The van der Waals surface area contributed by atoms with E-state index in [2.05, 4.69) is 0 Å². The van der Waals surface area contributed by atoms with Crippen molar-refractivity contribution in [3.05, 3.63) is 0 Å². The zero-order chi connectivity index (χ0) is 13.9. The molecule has 0 heterocycles. The third kappa shape index (κ3) is 10.1. The van der Waals surface area contributed by atoms with E-state index in [1.807, 2.05) is 13.0 Å². The molecule has 0 rings (SSSR count). The fourth-order valence-electron chi connectivity index (χ4n) is 1.13. The average molecular weight is 277 g/mol. The second-order valence-electron chi connectivity index (χ2n) is 3.69. The van der Waals surface area contributed by atoms with E-state index in [1.54, 1.807) is 0 Å². The summed E-state index contributed by atoms with van der Waals surface area (Å²) in [5, 5.41) is 8.28. The number of carbonyl (C=O) groups is 1. The Morgan fingerprint density at radius 2 is 2.00 bits per heavy atom. The van der Waals surface area contributed by atoms with Gasteiger partial charge in [0.2, 0.25) is 0 Å². The van der Waals surface area contributed by atoms with Crippen molar-refractivity contribution in [1.29, 1.82) is 5.26 Å². The number of hydrogen-bond donors (Lipinski definition) is 0. The minimum atomic E-state index is -3.47. The number of sulfone groups is 1. The lowest BCUT2D eigenvalue weighted by Gasteiger charge is -2.05. The SMILES string of the molecule is CCCOCCOC(=O)CS(=O)(=O)CCCC#N. The number of ether oxygens (including phenoxy) is 2. The van der Waals surface area contributed by atoms with Crippen LogP contribution in [-0.2, 0) is 24.1 Å². The first-order valence-electron chi connectivity index (χ1n) is 5.82. The molecule has 0 aromatic carbocycles. The molecule has 0 aliphatic rings. The summed E-state index contributed by atoms with van der Waals surface area (Å²) in [6.07, 6.45) is 1.28. The van der Waals surface area contributed by atoms with Gasteiger partial charge in [0.1, 0.15) is 12.4 Å². The number of nitriles is 1.